The second kappa shape index (κ2) is 7.09. The lowest BCUT2D eigenvalue weighted by atomic mass is 10.3. The van der Waals surface area contributed by atoms with E-state index in [1.165, 1.54) is 17.4 Å². The van der Waals surface area contributed by atoms with Gasteiger partial charge in [-0.15, -0.1) is 12.4 Å². The standard InChI is InChI=1S/C14H12ClN3O2S.ClH/c15-9-2-4-10(5-3-9)17-12(19)8-11-13(20)18-7-1-6-16-14(18)21-11;/h2-5,8H,1,6-7H2,(H,17,19);1H/b11-8-;. The Morgan fingerprint density at radius 1 is 1.36 bits per heavy atom. The van der Waals surface area contributed by atoms with Crippen molar-refractivity contribution in [1.82, 2.24) is 4.57 Å². The molecule has 22 heavy (non-hydrogen) atoms. The lowest BCUT2D eigenvalue weighted by molar-refractivity contribution is -0.110. The molecule has 1 N–H and O–H groups in total. The van der Waals surface area contributed by atoms with Gasteiger partial charge in [0.25, 0.3) is 5.56 Å². The number of carbonyl (C=O) groups excluding carboxylic acids is 1. The summed E-state index contributed by atoms with van der Waals surface area (Å²) in [6.45, 7) is 1.40. The first kappa shape index (κ1) is 16.7. The Bertz CT molecular complexity index is 856. The molecule has 1 aromatic heterocycles. The lowest BCUT2D eigenvalue weighted by Crippen LogP contribution is -2.34. The van der Waals surface area contributed by atoms with E-state index in [1.807, 2.05) is 0 Å². The van der Waals surface area contributed by atoms with Gasteiger partial charge in [-0.25, -0.2) is 0 Å². The summed E-state index contributed by atoms with van der Waals surface area (Å²) >= 11 is 7.03. The number of rotatable bonds is 2. The van der Waals surface area contributed by atoms with Gasteiger partial charge in [-0.3, -0.25) is 19.1 Å². The molecule has 1 aliphatic rings. The Hall–Kier alpha value is -1.63. The fourth-order valence-electron chi connectivity index (χ4n) is 2.06. The van der Waals surface area contributed by atoms with Gasteiger partial charge in [-0.1, -0.05) is 22.9 Å². The molecule has 0 radical (unpaired) electrons. The van der Waals surface area contributed by atoms with Crippen molar-refractivity contribution < 1.29 is 4.79 Å². The second-order valence-electron chi connectivity index (χ2n) is 4.58. The number of carbonyl (C=O) groups is 1. The highest BCUT2D eigenvalue weighted by Gasteiger charge is 2.09. The zero-order valence-electron chi connectivity index (χ0n) is 11.4. The van der Waals surface area contributed by atoms with Crippen LogP contribution in [0.3, 0.4) is 0 Å². The molecule has 2 aromatic rings. The normalized spacial score (nSPS) is 13.8. The number of aromatic nitrogens is 1. The first-order valence-electron chi connectivity index (χ1n) is 6.46. The van der Waals surface area contributed by atoms with E-state index in [0.29, 0.717) is 26.6 Å². The van der Waals surface area contributed by atoms with E-state index < -0.39 is 0 Å². The number of hydrogen-bond donors (Lipinski definition) is 1. The molecule has 0 fully saturated rings. The van der Waals surface area contributed by atoms with Crippen molar-refractivity contribution in [2.75, 3.05) is 11.9 Å². The molecule has 1 aromatic carbocycles. The Balaban J connectivity index is 0.00000176. The molecule has 1 aliphatic heterocycles. The molecule has 0 saturated carbocycles. The molecule has 5 nitrogen and oxygen atoms in total. The van der Waals surface area contributed by atoms with Crippen molar-refractivity contribution in [3.8, 4) is 0 Å². The molecule has 0 saturated heterocycles. The van der Waals surface area contributed by atoms with Crippen LogP contribution in [0.1, 0.15) is 6.42 Å². The minimum Gasteiger partial charge on any atom is -0.322 e. The van der Waals surface area contributed by atoms with Crippen molar-refractivity contribution in [2.45, 2.75) is 13.0 Å². The number of thiazole rings is 1. The molecular formula is C14H13Cl2N3O2S. The minimum atomic E-state index is -0.339. The van der Waals surface area contributed by atoms with Gasteiger partial charge in [-0.2, -0.15) is 0 Å². The van der Waals surface area contributed by atoms with Crippen LogP contribution in [0.2, 0.25) is 5.02 Å². The zero-order valence-corrected chi connectivity index (χ0v) is 13.8. The van der Waals surface area contributed by atoms with Gasteiger partial charge < -0.3 is 5.32 Å². The van der Waals surface area contributed by atoms with Gasteiger partial charge >= 0.3 is 0 Å². The van der Waals surface area contributed by atoms with Crippen LogP contribution in [0.4, 0.5) is 5.69 Å². The van der Waals surface area contributed by atoms with Gasteiger partial charge in [-0.05, 0) is 30.7 Å². The van der Waals surface area contributed by atoms with Gasteiger partial charge in [0.2, 0.25) is 5.91 Å². The predicted molar refractivity (Wildman–Crippen MR) is 90.6 cm³/mol. The van der Waals surface area contributed by atoms with Gasteiger partial charge in [0.05, 0.1) is 0 Å². The SMILES string of the molecule is Cl.O=C(/C=c1\sc2n(c1=O)CCCN=2)Nc1ccc(Cl)cc1. The fraction of sp³-hybridized carbons (Fsp3) is 0.214. The predicted octanol–water partition coefficient (Wildman–Crippen LogP) is 1.43. The Morgan fingerprint density at radius 2 is 2.09 bits per heavy atom. The van der Waals surface area contributed by atoms with Crippen LogP contribution >= 0.6 is 35.3 Å². The van der Waals surface area contributed by atoms with Crippen LogP contribution in [0, 0.1) is 0 Å². The van der Waals surface area contributed by atoms with E-state index in [-0.39, 0.29) is 23.9 Å². The molecule has 8 heteroatoms. The van der Waals surface area contributed by atoms with Crippen molar-refractivity contribution in [3.05, 3.63) is 49.0 Å². The van der Waals surface area contributed by atoms with Gasteiger partial charge in [0.1, 0.15) is 4.53 Å². The van der Waals surface area contributed by atoms with E-state index in [4.69, 9.17) is 11.6 Å². The number of amides is 1. The quantitative estimate of drug-likeness (QED) is 0.883. The summed E-state index contributed by atoms with van der Waals surface area (Å²) in [5.74, 6) is -0.339. The third kappa shape index (κ3) is 3.58. The number of halogens is 2. The number of fused-ring (bicyclic) bond motifs is 1. The topological polar surface area (TPSA) is 63.5 Å². The molecule has 0 atom stereocenters. The highest BCUT2D eigenvalue weighted by Crippen LogP contribution is 2.13. The van der Waals surface area contributed by atoms with Gasteiger partial charge in [0.15, 0.2) is 4.80 Å². The molecule has 0 aliphatic carbocycles. The number of nitrogens with zero attached hydrogens (tertiary/aromatic N) is 2. The summed E-state index contributed by atoms with van der Waals surface area (Å²) in [4.78, 5) is 29.1. The summed E-state index contributed by atoms with van der Waals surface area (Å²) in [7, 11) is 0. The molecule has 1 amide bonds. The van der Waals surface area contributed by atoms with Crippen LogP contribution in [0.5, 0.6) is 0 Å². The first-order chi connectivity index (χ1) is 10.1. The monoisotopic (exact) mass is 357 g/mol. The molecule has 116 valence electrons. The summed E-state index contributed by atoms with van der Waals surface area (Å²) in [5.41, 5.74) is 0.483. The maximum absolute atomic E-state index is 12.1. The van der Waals surface area contributed by atoms with Gasteiger partial charge in [0, 0.05) is 29.9 Å². The third-order valence-electron chi connectivity index (χ3n) is 3.05. The average Bonchev–Trinajstić information content (AvgIpc) is 2.78. The Morgan fingerprint density at radius 3 is 2.77 bits per heavy atom. The number of benzene rings is 1. The molecule has 0 spiro atoms. The highest BCUT2D eigenvalue weighted by molar-refractivity contribution is 7.07. The number of hydrogen-bond acceptors (Lipinski definition) is 4. The summed E-state index contributed by atoms with van der Waals surface area (Å²) in [6.07, 6.45) is 2.18. The largest absolute Gasteiger partial charge is 0.322 e. The number of nitrogens with one attached hydrogen (secondary N) is 1. The van der Waals surface area contributed by atoms with Crippen LogP contribution in [0.15, 0.2) is 34.1 Å². The fourth-order valence-corrected chi connectivity index (χ4v) is 3.18. The van der Waals surface area contributed by atoms with E-state index in [2.05, 4.69) is 10.3 Å². The third-order valence-corrected chi connectivity index (χ3v) is 4.35. The zero-order chi connectivity index (χ0) is 14.8. The van der Waals surface area contributed by atoms with Crippen molar-refractivity contribution in [2.24, 2.45) is 4.99 Å². The van der Waals surface area contributed by atoms with Crippen molar-refractivity contribution in [1.29, 1.82) is 0 Å². The molecule has 0 unspecified atom stereocenters. The minimum absolute atomic E-state index is 0. The van der Waals surface area contributed by atoms with Crippen LogP contribution in [-0.4, -0.2) is 17.0 Å². The Kier molecular flexibility index (Phi) is 5.39. The van der Waals surface area contributed by atoms with E-state index >= 15 is 0 Å². The smallest absolute Gasteiger partial charge is 0.270 e. The highest BCUT2D eigenvalue weighted by atomic mass is 35.5. The van der Waals surface area contributed by atoms with Crippen LogP contribution in [0.25, 0.3) is 6.08 Å². The van der Waals surface area contributed by atoms with E-state index in [0.717, 1.165) is 13.0 Å². The molecule has 2 heterocycles. The molecule has 3 rings (SSSR count). The number of anilines is 1. The second-order valence-corrected chi connectivity index (χ2v) is 6.03. The van der Waals surface area contributed by atoms with Crippen molar-refractivity contribution >= 4 is 53.0 Å². The van der Waals surface area contributed by atoms with Crippen LogP contribution in [-0.2, 0) is 11.3 Å². The van der Waals surface area contributed by atoms with E-state index in [1.54, 1.807) is 28.8 Å². The maximum atomic E-state index is 12.1. The summed E-state index contributed by atoms with van der Waals surface area (Å²) < 4.78 is 2.03. The maximum Gasteiger partial charge on any atom is 0.270 e. The average molecular weight is 358 g/mol. The van der Waals surface area contributed by atoms with Crippen LogP contribution < -0.4 is 20.2 Å². The van der Waals surface area contributed by atoms with Crippen molar-refractivity contribution in [3.63, 3.8) is 0 Å². The molecule has 0 bridgehead atoms. The summed E-state index contributed by atoms with van der Waals surface area (Å²) in [5, 5.41) is 3.30. The Labute approximate surface area is 141 Å². The summed E-state index contributed by atoms with van der Waals surface area (Å²) in [6, 6.07) is 6.79. The first-order valence-corrected chi connectivity index (χ1v) is 7.65. The molecular weight excluding hydrogens is 345 g/mol. The lowest BCUT2D eigenvalue weighted by Gasteiger charge is -2.03. The van der Waals surface area contributed by atoms with E-state index in [9.17, 15) is 9.59 Å².